The highest BCUT2D eigenvalue weighted by Gasteiger charge is 2.04. The summed E-state index contributed by atoms with van der Waals surface area (Å²) in [4.78, 5) is 3.98. The van der Waals surface area contributed by atoms with Crippen LogP contribution in [0, 0.1) is 0 Å². The van der Waals surface area contributed by atoms with Gasteiger partial charge in [0.15, 0.2) is 0 Å². The second-order valence-electron chi connectivity index (χ2n) is 3.66. The van der Waals surface area contributed by atoms with Gasteiger partial charge in [0.05, 0.1) is 16.4 Å². The lowest BCUT2D eigenvalue weighted by Gasteiger charge is -2.08. The van der Waals surface area contributed by atoms with E-state index in [9.17, 15) is 10.2 Å². The average Bonchev–Trinajstić information content (AvgIpc) is 2.32. The Morgan fingerprint density at radius 3 is 2.72 bits per heavy atom. The van der Waals surface area contributed by atoms with Crippen LogP contribution in [-0.2, 0) is 6.54 Å². The van der Waals surface area contributed by atoms with Crippen molar-refractivity contribution in [1.29, 1.82) is 0 Å². The first-order chi connectivity index (χ1) is 8.56. The van der Waals surface area contributed by atoms with Crippen molar-refractivity contribution in [2.24, 2.45) is 0 Å². The smallest absolute Gasteiger partial charge is 0.143 e. The lowest BCUT2D eigenvalue weighted by atomic mass is 10.2. The molecule has 4 nitrogen and oxygen atoms in total. The zero-order valence-corrected chi connectivity index (χ0v) is 11.5. The molecule has 0 bridgehead atoms. The highest BCUT2D eigenvalue weighted by atomic mass is 79.9. The summed E-state index contributed by atoms with van der Waals surface area (Å²) < 4.78 is 0.698. The monoisotopic (exact) mass is 328 g/mol. The van der Waals surface area contributed by atoms with Crippen LogP contribution in [0.25, 0.3) is 0 Å². The van der Waals surface area contributed by atoms with Crippen LogP contribution >= 0.6 is 27.5 Å². The molecule has 1 aromatic carbocycles. The van der Waals surface area contributed by atoms with Gasteiger partial charge < -0.3 is 15.5 Å². The molecular weight excluding hydrogens is 320 g/mol. The highest BCUT2D eigenvalue weighted by molar-refractivity contribution is 9.10. The van der Waals surface area contributed by atoms with Gasteiger partial charge in [-0.15, -0.1) is 0 Å². The fourth-order valence-corrected chi connectivity index (χ4v) is 1.87. The molecule has 1 aromatic heterocycles. The molecule has 0 atom stereocenters. The Labute approximate surface area is 117 Å². The van der Waals surface area contributed by atoms with Crippen LogP contribution in [-0.4, -0.2) is 15.2 Å². The SMILES string of the molecule is Oc1ccc(CNc2cnc(Cl)c(Br)c2)c(O)c1. The molecule has 2 rings (SSSR count). The number of rotatable bonds is 3. The molecule has 0 saturated heterocycles. The van der Waals surface area contributed by atoms with Gasteiger partial charge in [-0.05, 0) is 34.1 Å². The third-order valence-electron chi connectivity index (χ3n) is 2.35. The summed E-state index contributed by atoms with van der Waals surface area (Å²) in [6, 6.07) is 6.27. The number of phenols is 2. The summed E-state index contributed by atoms with van der Waals surface area (Å²) >= 11 is 9.07. The minimum Gasteiger partial charge on any atom is -0.508 e. The number of hydrogen-bond acceptors (Lipinski definition) is 4. The summed E-state index contributed by atoms with van der Waals surface area (Å²) in [5.41, 5.74) is 1.46. The molecule has 0 amide bonds. The molecule has 0 spiro atoms. The number of aromatic hydroxyl groups is 2. The first kappa shape index (κ1) is 13.0. The molecule has 0 unspecified atom stereocenters. The molecule has 2 aromatic rings. The van der Waals surface area contributed by atoms with E-state index in [1.165, 1.54) is 12.1 Å². The Morgan fingerprint density at radius 1 is 1.28 bits per heavy atom. The molecule has 1 heterocycles. The topological polar surface area (TPSA) is 65.4 Å². The Bertz CT molecular complexity index is 578. The predicted octanol–water partition coefficient (Wildman–Crippen LogP) is 3.52. The van der Waals surface area contributed by atoms with E-state index in [1.54, 1.807) is 18.3 Å². The Kier molecular flexibility index (Phi) is 3.93. The molecule has 0 aliphatic carbocycles. The van der Waals surface area contributed by atoms with Gasteiger partial charge in [-0.2, -0.15) is 0 Å². The van der Waals surface area contributed by atoms with Crippen molar-refractivity contribution in [3.63, 3.8) is 0 Å². The third-order valence-corrected chi connectivity index (χ3v) is 3.48. The summed E-state index contributed by atoms with van der Waals surface area (Å²) in [7, 11) is 0. The maximum absolute atomic E-state index is 9.62. The minimum absolute atomic E-state index is 0.0344. The number of halogens is 2. The Balaban J connectivity index is 2.09. The van der Waals surface area contributed by atoms with E-state index in [1.807, 2.05) is 0 Å². The molecule has 0 aliphatic rings. The first-order valence-electron chi connectivity index (χ1n) is 5.12. The standard InChI is InChI=1S/C12H10BrClN2O2/c13-10-3-8(6-16-12(10)14)15-5-7-1-2-9(17)4-11(7)18/h1-4,6,15,17-18H,5H2. The number of nitrogens with one attached hydrogen (secondary N) is 1. The first-order valence-corrected chi connectivity index (χ1v) is 6.29. The number of anilines is 1. The van der Waals surface area contributed by atoms with Crippen LogP contribution in [0.1, 0.15) is 5.56 Å². The van der Waals surface area contributed by atoms with Crippen LogP contribution in [0.3, 0.4) is 0 Å². The molecule has 0 radical (unpaired) electrons. The summed E-state index contributed by atoms with van der Waals surface area (Å²) in [5.74, 6) is 0.0793. The number of hydrogen-bond donors (Lipinski definition) is 3. The van der Waals surface area contributed by atoms with Crippen molar-refractivity contribution in [2.75, 3.05) is 5.32 Å². The van der Waals surface area contributed by atoms with Crippen LogP contribution in [0.4, 0.5) is 5.69 Å². The van der Waals surface area contributed by atoms with Crippen LogP contribution in [0.2, 0.25) is 5.15 Å². The maximum atomic E-state index is 9.62. The molecule has 0 saturated carbocycles. The fourth-order valence-electron chi connectivity index (χ4n) is 1.42. The lowest BCUT2D eigenvalue weighted by molar-refractivity contribution is 0.446. The van der Waals surface area contributed by atoms with E-state index < -0.39 is 0 Å². The third kappa shape index (κ3) is 3.05. The normalized spacial score (nSPS) is 10.3. The number of pyridine rings is 1. The Morgan fingerprint density at radius 2 is 2.06 bits per heavy atom. The lowest BCUT2D eigenvalue weighted by Crippen LogP contribution is -2.00. The molecule has 6 heteroatoms. The van der Waals surface area contributed by atoms with Gasteiger partial charge in [0.25, 0.3) is 0 Å². The van der Waals surface area contributed by atoms with Gasteiger partial charge in [0, 0.05) is 18.2 Å². The summed E-state index contributed by atoms with van der Waals surface area (Å²) in [6.07, 6.45) is 1.60. The second kappa shape index (κ2) is 5.46. The molecular formula is C12H10BrClN2O2. The van der Waals surface area contributed by atoms with Gasteiger partial charge in [-0.25, -0.2) is 4.98 Å². The van der Waals surface area contributed by atoms with E-state index in [0.717, 1.165) is 5.69 Å². The maximum Gasteiger partial charge on any atom is 0.143 e. The van der Waals surface area contributed by atoms with Crippen molar-refractivity contribution in [1.82, 2.24) is 4.98 Å². The van der Waals surface area contributed by atoms with Crippen LogP contribution < -0.4 is 5.32 Å². The quantitative estimate of drug-likeness (QED) is 0.754. The van der Waals surface area contributed by atoms with Crippen molar-refractivity contribution >= 4 is 33.2 Å². The van der Waals surface area contributed by atoms with Gasteiger partial charge in [0.2, 0.25) is 0 Å². The zero-order chi connectivity index (χ0) is 13.1. The Hall–Kier alpha value is -1.46. The van der Waals surface area contributed by atoms with Gasteiger partial charge in [-0.3, -0.25) is 0 Å². The van der Waals surface area contributed by atoms with E-state index in [0.29, 0.717) is 21.7 Å². The average molecular weight is 330 g/mol. The van der Waals surface area contributed by atoms with Crippen molar-refractivity contribution in [2.45, 2.75) is 6.54 Å². The highest BCUT2D eigenvalue weighted by Crippen LogP contribution is 2.25. The number of aromatic nitrogens is 1. The van der Waals surface area contributed by atoms with E-state index in [-0.39, 0.29) is 11.5 Å². The summed E-state index contributed by atoms with van der Waals surface area (Å²) in [6.45, 7) is 0.419. The number of nitrogens with zero attached hydrogens (tertiary/aromatic N) is 1. The molecule has 0 fully saturated rings. The summed E-state index contributed by atoms with van der Waals surface area (Å²) in [5, 5.41) is 22.3. The van der Waals surface area contributed by atoms with E-state index in [2.05, 4.69) is 26.2 Å². The number of phenolic OH excluding ortho intramolecular Hbond substituents is 2. The minimum atomic E-state index is 0.0344. The molecule has 94 valence electrons. The molecule has 3 N–H and O–H groups in total. The van der Waals surface area contributed by atoms with Gasteiger partial charge in [-0.1, -0.05) is 11.6 Å². The van der Waals surface area contributed by atoms with Gasteiger partial charge >= 0.3 is 0 Å². The van der Waals surface area contributed by atoms with Crippen molar-refractivity contribution in [3.05, 3.63) is 45.7 Å². The van der Waals surface area contributed by atoms with Crippen LogP contribution in [0.15, 0.2) is 34.9 Å². The predicted molar refractivity (Wildman–Crippen MR) is 74.0 cm³/mol. The van der Waals surface area contributed by atoms with Gasteiger partial charge in [0.1, 0.15) is 16.7 Å². The fraction of sp³-hybridized carbons (Fsp3) is 0.0833. The second-order valence-corrected chi connectivity index (χ2v) is 4.88. The molecule has 18 heavy (non-hydrogen) atoms. The largest absolute Gasteiger partial charge is 0.508 e. The van der Waals surface area contributed by atoms with Crippen molar-refractivity contribution < 1.29 is 10.2 Å². The van der Waals surface area contributed by atoms with E-state index >= 15 is 0 Å². The number of benzene rings is 1. The van der Waals surface area contributed by atoms with Crippen LogP contribution in [0.5, 0.6) is 11.5 Å². The molecule has 0 aliphatic heterocycles. The zero-order valence-electron chi connectivity index (χ0n) is 9.19. The van der Waals surface area contributed by atoms with E-state index in [4.69, 9.17) is 11.6 Å². The van der Waals surface area contributed by atoms with Crippen molar-refractivity contribution in [3.8, 4) is 11.5 Å².